The highest BCUT2D eigenvalue weighted by Gasteiger charge is 2.18. The lowest BCUT2D eigenvalue weighted by Crippen LogP contribution is -1.97. The molecule has 0 unspecified atom stereocenters. The van der Waals surface area contributed by atoms with Crippen LogP contribution < -0.4 is 9.47 Å². The first-order valence-electron chi connectivity index (χ1n) is 4.71. The number of methoxy groups -OCH3 is 2. The van der Waals surface area contributed by atoms with E-state index in [1.807, 2.05) is 0 Å². The molecule has 0 radical (unpaired) electrons. The van der Waals surface area contributed by atoms with Gasteiger partial charge in [0.2, 0.25) is 6.20 Å². The molecule has 8 nitrogen and oxygen atoms in total. The summed E-state index contributed by atoms with van der Waals surface area (Å²) >= 11 is 0. The molecule has 0 N–H and O–H groups in total. The van der Waals surface area contributed by atoms with Gasteiger partial charge < -0.3 is 9.47 Å². The molecule has 0 amide bonds. The van der Waals surface area contributed by atoms with Crippen molar-refractivity contribution >= 4 is 11.8 Å². The lowest BCUT2D eigenvalue weighted by Gasteiger charge is -2.08. The topological polar surface area (TPSA) is 105 Å². The SMILES string of the molecule is COc1cc(/C=C/[N+](=O)[O-])c([N+](=O)[O-])cc1OC. The number of hydrogen-bond acceptors (Lipinski definition) is 6. The summed E-state index contributed by atoms with van der Waals surface area (Å²) < 4.78 is 9.89. The van der Waals surface area contributed by atoms with Gasteiger partial charge in [0.05, 0.1) is 35.7 Å². The van der Waals surface area contributed by atoms with Crippen molar-refractivity contribution in [3.63, 3.8) is 0 Å². The number of hydrogen-bond donors (Lipinski definition) is 0. The molecule has 18 heavy (non-hydrogen) atoms. The Morgan fingerprint density at radius 1 is 1.11 bits per heavy atom. The zero-order valence-electron chi connectivity index (χ0n) is 9.65. The minimum absolute atomic E-state index is 0.0642. The predicted molar refractivity (Wildman–Crippen MR) is 62.2 cm³/mol. The molecule has 0 aliphatic rings. The average Bonchev–Trinajstić information content (AvgIpc) is 2.34. The Kier molecular flexibility index (Phi) is 4.19. The van der Waals surface area contributed by atoms with Gasteiger partial charge in [0.1, 0.15) is 0 Å². The molecular weight excluding hydrogens is 244 g/mol. The van der Waals surface area contributed by atoms with Crippen molar-refractivity contribution < 1.29 is 19.3 Å². The highest BCUT2D eigenvalue weighted by atomic mass is 16.6. The summed E-state index contributed by atoms with van der Waals surface area (Å²) in [4.78, 5) is 19.7. The lowest BCUT2D eigenvalue weighted by molar-refractivity contribution is -0.401. The maximum Gasteiger partial charge on any atom is 0.280 e. The fraction of sp³-hybridized carbons (Fsp3) is 0.200. The highest BCUT2D eigenvalue weighted by molar-refractivity contribution is 5.66. The van der Waals surface area contributed by atoms with Crippen molar-refractivity contribution in [3.05, 3.63) is 44.1 Å². The zero-order chi connectivity index (χ0) is 13.7. The Morgan fingerprint density at radius 2 is 1.67 bits per heavy atom. The van der Waals surface area contributed by atoms with Crippen LogP contribution in [0.4, 0.5) is 5.69 Å². The minimum atomic E-state index is -0.708. The van der Waals surface area contributed by atoms with Gasteiger partial charge in [-0.05, 0) is 6.07 Å². The summed E-state index contributed by atoms with van der Waals surface area (Å²) in [6.45, 7) is 0. The summed E-state index contributed by atoms with van der Waals surface area (Å²) in [6.07, 6.45) is 1.65. The van der Waals surface area contributed by atoms with Gasteiger partial charge >= 0.3 is 0 Å². The maximum atomic E-state index is 10.8. The Morgan fingerprint density at radius 3 is 2.11 bits per heavy atom. The van der Waals surface area contributed by atoms with E-state index in [2.05, 4.69) is 0 Å². The van der Waals surface area contributed by atoms with Crippen LogP contribution >= 0.6 is 0 Å². The quantitative estimate of drug-likeness (QED) is 0.586. The number of nitro benzene ring substituents is 1. The standard InChI is InChI=1S/C10H10N2O6/c1-17-9-5-7(3-4-11(13)14)8(12(15)16)6-10(9)18-2/h3-6H,1-2H3/b4-3+. The van der Waals surface area contributed by atoms with Crippen molar-refractivity contribution in [1.82, 2.24) is 0 Å². The van der Waals surface area contributed by atoms with Gasteiger partial charge in [-0.25, -0.2) is 0 Å². The number of ether oxygens (including phenoxy) is 2. The molecule has 0 aliphatic heterocycles. The highest BCUT2D eigenvalue weighted by Crippen LogP contribution is 2.34. The fourth-order valence-electron chi connectivity index (χ4n) is 1.32. The van der Waals surface area contributed by atoms with E-state index in [0.29, 0.717) is 6.20 Å². The molecule has 0 spiro atoms. The molecule has 1 rings (SSSR count). The molecule has 96 valence electrons. The first-order valence-corrected chi connectivity index (χ1v) is 4.71. The van der Waals surface area contributed by atoms with Crippen LogP contribution in [0, 0.1) is 20.2 Å². The van der Waals surface area contributed by atoms with E-state index < -0.39 is 9.85 Å². The first kappa shape index (κ1) is 13.4. The minimum Gasteiger partial charge on any atom is -0.493 e. The van der Waals surface area contributed by atoms with Gasteiger partial charge in [0.25, 0.3) is 5.69 Å². The van der Waals surface area contributed by atoms with Crippen LogP contribution in [0.15, 0.2) is 18.3 Å². The molecule has 0 saturated carbocycles. The number of nitro groups is 2. The molecule has 1 aromatic rings. The molecule has 0 saturated heterocycles. The normalized spacial score (nSPS) is 10.3. The van der Waals surface area contributed by atoms with Crippen LogP contribution in [0.2, 0.25) is 0 Å². The average molecular weight is 254 g/mol. The molecule has 0 aromatic heterocycles. The largest absolute Gasteiger partial charge is 0.493 e. The van der Waals surface area contributed by atoms with Crippen LogP contribution in [0.5, 0.6) is 11.5 Å². The van der Waals surface area contributed by atoms with E-state index in [0.717, 1.165) is 12.1 Å². The van der Waals surface area contributed by atoms with Crippen LogP contribution in [0.25, 0.3) is 6.08 Å². The molecule has 0 heterocycles. The van der Waals surface area contributed by atoms with Crippen molar-refractivity contribution in [3.8, 4) is 11.5 Å². The second-order valence-corrected chi connectivity index (χ2v) is 3.12. The van der Waals surface area contributed by atoms with Crippen molar-refractivity contribution in [2.75, 3.05) is 14.2 Å². The third-order valence-corrected chi connectivity index (χ3v) is 2.11. The van der Waals surface area contributed by atoms with Crippen LogP contribution in [-0.4, -0.2) is 24.1 Å². The van der Waals surface area contributed by atoms with Gasteiger partial charge in [-0.1, -0.05) is 0 Å². The Labute approximate surface area is 102 Å². The summed E-state index contributed by atoms with van der Waals surface area (Å²) in [5, 5.41) is 21.1. The number of benzene rings is 1. The molecule has 0 atom stereocenters. The van der Waals surface area contributed by atoms with E-state index >= 15 is 0 Å². The Bertz CT molecular complexity index is 511. The summed E-state index contributed by atoms with van der Waals surface area (Å²) in [6, 6.07) is 2.45. The zero-order valence-corrected chi connectivity index (χ0v) is 9.65. The third kappa shape index (κ3) is 2.94. The van der Waals surface area contributed by atoms with Gasteiger partial charge in [-0.2, -0.15) is 0 Å². The molecular formula is C10H10N2O6. The van der Waals surface area contributed by atoms with Crippen molar-refractivity contribution in [2.24, 2.45) is 0 Å². The summed E-state index contributed by atoms with van der Waals surface area (Å²) in [7, 11) is 2.71. The molecule has 0 aliphatic carbocycles. The summed E-state index contributed by atoms with van der Waals surface area (Å²) in [5.74, 6) is 0.438. The van der Waals surface area contributed by atoms with Crippen LogP contribution in [0.3, 0.4) is 0 Å². The lowest BCUT2D eigenvalue weighted by atomic mass is 10.1. The van der Waals surface area contributed by atoms with Crippen LogP contribution in [-0.2, 0) is 0 Å². The van der Waals surface area contributed by atoms with E-state index in [9.17, 15) is 20.2 Å². The van der Waals surface area contributed by atoms with E-state index in [1.165, 1.54) is 20.3 Å². The van der Waals surface area contributed by atoms with Crippen molar-refractivity contribution in [2.45, 2.75) is 0 Å². The van der Waals surface area contributed by atoms with E-state index in [4.69, 9.17) is 9.47 Å². The monoisotopic (exact) mass is 254 g/mol. The predicted octanol–water partition coefficient (Wildman–Crippen LogP) is 1.86. The van der Waals surface area contributed by atoms with Gasteiger partial charge in [-0.3, -0.25) is 20.2 Å². The van der Waals surface area contributed by atoms with Gasteiger partial charge in [0, 0.05) is 6.08 Å². The Balaban J connectivity index is 3.37. The second kappa shape index (κ2) is 5.62. The molecule has 1 aromatic carbocycles. The smallest absolute Gasteiger partial charge is 0.280 e. The Hall–Kier alpha value is -2.64. The molecule has 0 bridgehead atoms. The van der Waals surface area contributed by atoms with Crippen LogP contribution in [0.1, 0.15) is 5.56 Å². The van der Waals surface area contributed by atoms with Crippen molar-refractivity contribution in [1.29, 1.82) is 0 Å². The van der Waals surface area contributed by atoms with Gasteiger partial charge in [-0.15, -0.1) is 0 Å². The van der Waals surface area contributed by atoms with E-state index in [1.54, 1.807) is 0 Å². The fourth-order valence-corrected chi connectivity index (χ4v) is 1.32. The molecule has 0 fully saturated rings. The van der Waals surface area contributed by atoms with E-state index in [-0.39, 0.29) is 22.7 Å². The summed E-state index contributed by atoms with van der Waals surface area (Å²) in [5.41, 5.74) is -0.236. The number of rotatable bonds is 5. The van der Waals surface area contributed by atoms with Gasteiger partial charge in [0.15, 0.2) is 11.5 Å². The second-order valence-electron chi connectivity index (χ2n) is 3.12. The first-order chi connectivity index (χ1) is 8.49. The number of nitrogens with zero attached hydrogens (tertiary/aromatic N) is 2. The molecule has 8 heteroatoms. The maximum absolute atomic E-state index is 10.8. The third-order valence-electron chi connectivity index (χ3n) is 2.11.